The van der Waals surface area contributed by atoms with Crippen LogP contribution in [0.25, 0.3) is 0 Å². The Morgan fingerprint density at radius 1 is 1.24 bits per heavy atom. The maximum absolute atomic E-state index is 12.3. The summed E-state index contributed by atoms with van der Waals surface area (Å²) in [5, 5.41) is 0. The number of aromatic amines is 1. The Balaban J connectivity index is 1.64. The molecule has 1 aliphatic heterocycles. The summed E-state index contributed by atoms with van der Waals surface area (Å²) < 4.78 is 5.85. The number of rotatable bonds is 3. The van der Waals surface area contributed by atoms with Gasteiger partial charge in [-0.1, -0.05) is 18.2 Å². The Morgan fingerprint density at radius 2 is 2.05 bits per heavy atom. The van der Waals surface area contributed by atoms with Gasteiger partial charge in [0.05, 0.1) is 6.54 Å². The van der Waals surface area contributed by atoms with Crippen LogP contribution in [0.2, 0.25) is 0 Å². The van der Waals surface area contributed by atoms with E-state index in [4.69, 9.17) is 4.74 Å². The third-order valence-electron chi connectivity index (χ3n) is 3.48. The molecular formula is C16H16N2O3. The van der Waals surface area contributed by atoms with Crippen LogP contribution in [0, 0.1) is 0 Å². The molecule has 1 amide bonds. The molecule has 1 fully saturated rings. The van der Waals surface area contributed by atoms with Crippen molar-refractivity contribution in [1.29, 1.82) is 0 Å². The number of para-hydroxylation sites is 1. The van der Waals surface area contributed by atoms with Gasteiger partial charge in [-0.05, 0) is 12.1 Å². The lowest BCUT2D eigenvalue weighted by atomic mass is 10.3. The lowest BCUT2D eigenvalue weighted by Crippen LogP contribution is -2.32. The molecule has 3 rings (SSSR count). The van der Waals surface area contributed by atoms with E-state index in [1.54, 1.807) is 4.90 Å². The zero-order valence-corrected chi connectivity index (χ0v) is 11.5. The van der Waals surface area contributed by atoms with Crippen molar-refractivity contribution in [3.05, 3.63) is 64.6 Å². The predicted octanol–water partition coefficient (Wildman–Crippen LogP) is 1.67. The highest BCUT2D eigenvalue weighted by atomic mass is 16.5. The molecule has 0 bridgehead atoms. The summed E-state index contributed by atoms with van der Waals surface area (Å²) in [6.45, 7) is 1.16. The first-order valence-corrected chi connectivity index (χ1v) is 6.92. The van der Waals surface area contributed by atoms with Crippen LogP contribution >= 0.6 is 0 Å². The Labute approximate surface area is 122 Å². The maximum Gasteiger partial charge on any atom is 0.270 e. The van der Waals surface area contributed by atoms with Crippen LogP contribution in [0.1, 0.15) is 16.9 Å². The molecule has 5 nitrogen and oxygen atoms in total. The van der Waals surface area contributed by atoms with Crippen molar-refractivity contribution < 1.29 is 9.53 Å². The number of nitrogens with zero attached hydrogens (tertiary/aromatic N) is 1. The molecule has 5 heteroatoms. The molecule has 108 valence electrons. The molecule has 1 atom stereocenters. The predicted molar refractivity (Wildman–Crippen MR) is 78.4 cm³/mol. The quantitative estimate of drug-likeness (QED) is 0.932. The second-order valence-corrected chi connectivity index (χ2v) is 5.03. The fraction of sp³-hybridized carbons (Fsp3) is 0.250. The van der Waals surface area contributed by atoms with E-state index in [2.05, 4.69) is 4.98 Å². The van der Waals surface area contributed by atoms with Crippen molar-refractivity contribution in [3.8, 4) is 5.75 Å². The summed E-state index contributed by atoms with van der Waals surface area (Å²) in [6, 6.07) is 12.3. The van der Waals surface area contributed by atoms with Gasteiger partial charge >= 0.3 is 0 Å². The third-order valence-corrected chi connectivity index (χ3v) is 3.48. The highest BCUT2D eigenvalue weighted by Gasteiger charge is 2.28. The number of benzene rings is 1. The minimum absolute atomic E-state index is 0.00761. The molecule has 1 aliphatic rings. The van der Waals surface area contributed by atoms with Gasteiger partial charge in [-0.2, -0.15) is 0 Å². The van der Waals surface area contributed by atoms with Crippen molar-refractivity contribution in [3.63, 3.8) is 0 Å². The molecule has 1 saturated heterocycles. The Hall–Kier alpha value is -2.56. The van der Waals surface area contributed by atoms with E-state index < -0.39 is 0 Å². The number of aromatic nitrogens is 1. The van der Waals surface area contributed by atoms with Crippen LogP contribution in [0.3, 0.4) is 0 Å². The van der Waals surface area contributed by atoms with Gasteiger partial charge in [0.15, 0.2) is 5.43 Å². The van der Waals surface area contributed by atoms with Gasteiger partial charge in [-0.15, -0.1) is 0 Å². The summed E-state index contributed by atoms with van der Waals surface area (Å²) in [5.41, 5.74) is 0.149. The number of likely N-dealkylation sites (tertiary alicyclic amines) is 1. The molecule has 0 unspecified atom stereocenters. The highest BCUT2D eigenvalue weighted by molar-refractivity contribution is 5.92. The normalized spacial score (nSPS) is 17.7. The second kappa shape index (κ2) is 5.83. The lowest BCUT2D eigenvalue weighted by molar-refractivity contribution is 0.0766. The van der Waals surface area contributed by atoms with Crippen LogP contribution < -0.4 is 10.2 Å². The van der Waals surface area contributed by atoms with Gasteiger partial charge < -0.3 is 14.6 Å². The largest absolute Gasteiger partial charge is 0.489 e. The van der Waals surface area contributed by atoms with E-state index in [1.807, 2.05) is 30.3 Å². The summed E-state index contributed by atoms with van der Waals surface area (Å²) in [5.74, 6) is 0.650. The first kappa shape index (κ1) is 13.4. The SMILES string of the molecule is O=C(c1cc(=O)cc[nH]1)N1CC[C@H](Oc2ccccc2)C1. The number of H-pyrrole nitrogens is 1. The fourth-order valence-electron chi connectivity index (χ4n) is 2.44. The molecular weight excluding hydrogens is 268 g/mol. The summed E-state index contributed by atoms with van der Waals surface area (Å²) >= 11 is 0. The van der Waals surface area contributed by atoms with E-state index in [9.17, 15) is 9.59 Å². The van der Waals surface area contributed by atoms with Crippen LogP contribution in [0.5, 0.6) is 5.75 Å². The topological polar surface area (TPSA) is 62.4 Å². The zero-order chi connectivity index (χ0) is 14.7. The number of pyridine rings is 1. The van der Waals surface area contributed by atoms with Crippen molar-refractivity contribution in [1.82, 2.24) is 9.88 Å². The Bertz CT molecular complexity index is 681. The number of carbonyl (C=O) groups is 1. The Kier molecular flexibility index (Phi) is 3.73. The lowest BCUT2D eigenvalue weighted by Gasteiger charge is -2.17. The average Bonchev–Trinajstić information content (AvgIpc) is 2.96. The van der Waals surface area contributed by atoms with E-state index in [1.165, 1.54) is 18.3 Å². The van der Waals surface area contributed by atoms with Crippen LogP contribution in [-0.2, 0) is 0 Å². The van der Waals surface area contributed by atoms with Crippen molar-refractivity contribution in [2.75, 3.05) is 13.1 Å². The summed E-state index contributed by atoms with van der Waals surface area (Å²) in [6.07, 6.45) is 2.27. The third kappa shape index (κ3) is 3.13. The minimum atomic E-state index is -0.173. The molecule has 2 aromatic rings. The number of hydrogen-bond acceptors (Lipinski definition) is 3. The molecule has 1 aromatic heterocycles. The number of amides is 1. The molecule has 21 heavy (non-hydrogen) atoms. The number of hydrogen-bond donors (Lipinski definition) is 1. The zero-order valence-electron chi connectivity index (χ0n) is 11.5. The monoisotopic (exact) mass is 284 g/mol. The molecule has 0 spiro atoms. The molecule has 0 saturated carbocycles. The van der Waals surface area contributed by atoms with Gasteiger partial charge in [0.1, 0.15) is 17.5 Å². The highest BCUT2D eigenvalue weighted by Crippen LogP contribution is 2.18. The molecule has 2 heterocycles. The average molecular weight is 284 g/mol. The number of carbonyl (C=O) groups excluding carboxylic acids is 1. The van der Waals surface area contributed by atoms with Gasteiger partial charge in [0.25, 0.3) is 5.91 Å². The molecule has 0 radical (unpaired) electrons. The minimum Gasteiger partial charge on any atom is -0.489 e. The molecule has 1 N–H and O–H groups in total. The van der Waals surface area contributed by atoms with Crippen molar-refractivity contribution in [2.45, 2.75) is 12.5 Å². The molecule has 0 aliphatic carbocycles. The first-order valence-electron chi connectivity index (χ1n) is 6.92. The summed E-state index contributed by atoms with van der Waals surface area (Å²) in [7, 11) is 0. The van der Waals surface area contributed by atoms with Crippen LogP contribution in [-0.4, -0.2) is 35.0 Å². The number of nitrogens with one attached hydrogen (secondary N) is 1. The number of ether oxygens (including phenoxy) is 1. The maximum atomic E-state index is 12.3. The van der Waals surface area contributed by atoms with Crippen molar-refractivity contribution >= 4 is 5.91 Å². The standard InChI is InChI=1S/C16H16N2O3/c19-12-6-8-17-15(10-12)16(20)18-9-7-14(11-18)21-13-4-2-1-3-5-13/h1-6,8,10,14H,7,9,11H2,(H,17,19)/t14-/m0/s1. The van der Waals surface area contributed by atoms with Crippen LogP contribution in [0.15, 0.2) is 53.5 Å². The van der Waals surface area contributed by atoms with E-state index in [0.29, 0.717) is 18.8 Å². The van der Waals surface area contributed by atoms with Crippen molar-refractivity contribution in [2.24, 2.45) is 0 Å². The fourth-order valence-corrected chi connectivity index (χ4v) is 2.44. The van der Waals surface area contributed by atoms with Gasteiger partial charge in [-0.3, -0.25) is 9.59 Å². The van der Waals surface area contributed by atoms with Gasteiger partial charge in [0, 0.05) is 31.3 Å². The Morgan fingerprint density at radius 3 is 2.81 bits per heavy atom. The van der Waals surface area contributed by atoms with Gasteiger partial charge in [0.2, 0.25) is 0 Å². The first-order chi connectivity index (χ1) is 10.2. The van der Waals surface area contributed by atoms with E-state index in [-0.39, 0.29) is 17.4 Å². The molecule has 1 aromatic carbocycles. The smallest absolute Gasteiger partial charge is 0.270 e. The van der Waals surface area contributed by atoms with E-state index >= 15 is 0 Å². The van der Waals surface area contributed by atoms with Gasteiger partial charge in [-0.25, -0.2) is 0 Å². The van der Waals surface area contributed by atoms with E-state index in [0.717, 1.165) is 12.2 Å². The van der Waals surface area contributed by atoms with Crippen LogP contribution in [0.4, 0.5) is 0 Å². The second-order valence-electron chi connectivity index (χ2n) is 5.03. The summed E-state index contributed by atoms with van der Waals surface area (Å²) in [4.78, 5) is 28.1.